The lowest BCUT2D eigenvalue weighted by atomic mass is 9.78. The van der Waals surface area contributed by atoms with Crippen LogP contribution in [0.1, 0.15) is 81.3 Å². The van der Waals surface area contributed by atoms with Crippen molar-refractivity contribution in [3.8, 4) is 0 Å². The maximum Gasteiger partial charge on any atom is -0.00148 e. The first-order valence-corrected chi connectivity index (χ1v) is 9.19. The van der Waals surface area contributed by atoms with E-state index in [4.69, 9.17) is 0 Å². The number of rotatable bonds is 5. The minimum absolute atomic E-state index is 0.780. The first kappa shape index (κ1) is 15.1. The SMILES string of the molecule is CCNCC1CCCCCC1c1ccc(C2CCC2)cc1. The molecule has 0 radical (unpaired) electrons. The van der Waals surface area contributed by atoms with Gasteiger partial charge in [-0.25, -0.2) is 0 Å². The summed E-state index contributed by atoms with van der Waals surface area (Å²) in [5, 5.41) is 3.59. The zero-order valence-electron chi connectivity index (χ0n) is 13.6. The summed E-state index contributed by atoms with van der Waals surface area (Å²) in [7, 11) is 0. The maximum absolute atomic E-state index is 3.59. The van der Waals surface area contributed by atoms with Gasteiger partial charge < -0.3 is 5.32 Å². The summed E-state index contributed by atoms with van der Waals surface area (Å²) in [6.45, 7) is 4.52. The zero-order valence-corrected chi connectivity index (χ0v) is 13.6. The lowest BCUT2D eigenvalue weighted by molar-refractivity contribution is 0.378. The minimum atomic E-state index is 0.780. The Hall–Kier alpha value is -0.820. The summed E-state index contributed by atoms with van der Waals surface area (Å²) in [6.07, 6.45) is 11.3. The monoisotopic (exact) mass is 285 g/mol. The van der Waals surface area contributed by atoms with Gasteiger partial charge in [0.15, 0.2) is 0 Å². The van der Waals surface area contributed by atoms with E-state index in [1.54, 1.807) is 11.1 Å². The maximum atomic E-state index is 3.59. The topological polar surface area (TPSA) is 12.0 Å². The second kappa shape index (κ2) is 7.45. The van der Waals surface area contributed by atoms with Gasteiger partial charge >= 0.3 is 0 Å². The van der Waals surface area contributed by atoms with Crippen molar-refractivity contribution >= 4 is 0 Å². The first-order valence-electron chi connectivity index (χ1n) is 9.19. The van der Waals surface area contributed by atoms with Crippen LogP contribution in [0, 0.1) is 5.92 Å². The van der Waals surface area contributed by atoms with Gasteiger partial charge in [0.05, 0.1) is 0 Å². The summed E-state index contributed by atoms with van der Waals surface area (Å²) < 4.78 is 0. The van der Waals surface area contributed by atoms with Crippen LogP contribution in [0.2, 0.25) is 0 Å². The average Bonchev–Trinajstić information content (AvgIpc) is 2.69. The minimum Gasteiger partial charge on any atom is -0.317 e. The highest BCUT2D eigenvalue weighted by atomic mass is 14.8. The predicted molar refractivity (Wildman–Crippen MR) is 90.9 cm³/mol. The van der Waals surface area contributed by atoms with Gasteiger partial charge in [-0.2, -0.15) is 0 Å². The standard InChI is InChI=1S/C20H31N/c1-2-21-15-19-7-4-3-5-10-20(19)18-13-11-17(12-14-18)16-8-6-9-16/h11-14,16,19-21H,2-10,15H2,1H3. The van der Waals surface area contributed by atoms with Crippen molar-refractivity contribution in [2.75, 3.05) is 13.1 Å². The van der Waals surface area contributed by atoms with Crippen LogP contribution >= 0.6 is 0 Å². The fraction of sp³-hybridized carbons (Fsp3) is 0.700. The van der Waals surface area contributed by atoms with E-state index in [0.717, 1.165) is 24.3 Å². The van der Waals surface area contributed by atoms with Crippen LogP contribution in [0.15, 0.2) is 24.3 Å². The van der Waals surface area contributed by atoms with Crippen molar-refractivity contribution < 1.29 is 0 Å². The van der Waals surface area contributed by atoms with E-state index in [0.29, 0.717) is 0 Å². The second-order valence-corrected chi connectivity index (χ2v) is 7.11. The molecule has 0 heterocycles. The van der Waals surface area contributed by atoms with Gasteiger partial charge in [0.25, 0.3) is 0 Å². The van der Waals surface area contributed by atoms with Crippen LogP contribution < -0.4 is 5.32 Å². The molecular formula is C20H31N. The molecule has 0 saturated heterocycles. The van der Waals surface area contributed by atoms with Gasteiger partial charge in [-0.05, 0) is 67.7 Å². The molecule has 1 nitrogen and oxygen atoms in total. The summed E-state index contributed by atoms with van der Waals surface area (Å²) in [5.41, 5.74) is 3.18. The van der Waals surface area contributed by atoms with E-state index in [1.165, 1.54) is 57.9 Å². The van der Waals surface area contributed by atoms with Crippen LogP contribution in [0.25, 0.3) is 0 Å². The van der Waals surface area contributed by atoms with Gasteiger partial charge in [0.2, 0.25) is 0 Å². The first-order chi connectivity index (χ1) is 10.4. The average molecular weight is 285 g/mol. The number of hydrogen-bond donors (Lipinski definition) is 1. The molecule has 0 bridgehead atoms. The molecule has 2 aliphatic carbocycles. The lowest BCUT2D eigenvalue weighted by Crippen LogP contribution is -2.26. The molecule has 116 valence electrons. The van der Waals surface area contributed by atoms with E-state index in [9.17, 15) is 0 Å². The smallest absolute Gasteiger partial charge is 0.00148 e. The summed E-state index contributed by atoms with van der Waals surface area (Å²) >= 11 is 0. The molecule has 2 unspecified atom stereocenters. The molecule has 2 fully saturated rings. The third-order valence-corrected chi connectivity index (χ3v) is 5.76. The molecule has 1 N–H and O–H groups in total. The molecule has 1 aromatic rings. The molecular weight excluding hydrogens is 254 g/mol. The van der Waals surface area contributed by atoms with Crippen LogP contribution in [0.5, 0.6) is 0 Å². The van der Waals surface area contributed by atoms with Crippen LogP contribution in [-0.4, -0.2) is 13.1 Å². The van der Waals surface area contributed by atoms with Crippen molar-refractivity contribution in [3.63, 3.8) is 0 Å². The van der Waals surface area contributed by atoms with Gasteiger partial charge in [0, 0.05) is 0 Å². The highest BCUT2D eigenvalue weighted by Gasteiger charge is 2.25. The summed E-state index contributed by atoms with van der Waals surface area (Å²) in [4.78, 5) is 0. The Morgan fingerprint density at radius 1 is 0.857 bits per heavy atom. The molecule has 1 heteroatoms. The fourth-order valence-corrected chi connectivity index (χ4v) is 4.15. The molecule has 0 amide bonds. The third-order valence-electron chi connectivity index (χ3n) is 5.76. The normalized spacial score (nSPS) is 27.1. The van der Waals surface area contributed by atoms with Crippen molar-refractivity contribution in [2.45, 2.75) is 70.1 Å². The van der Waals surface area contributed by atoms with E-state index >= 15 is 0 Å². The molecule has 2 aliphatic rings. The Morgan fingerprint density at radius 2 is 1.57 bits per heavy atom. The molecule has 1 aromatic carbocycles. The van der Waals surface area contributed by atoms with Crippen molar-refractivity contribution in [3.05, 3.63) is 35.4 Å². The van der Waals surface area contributed by atoms with E-state index in [-0.39, 0.29) is 0 Å². The molecule has 0 aromatic heterocycles. The van der Waals surface area contributed by atoms with Gasteiger partial charge in [-0.1, -0.05) is 56.9 Å². The van der Waals surface area contributed by atoms with E-state index < -0.39 is 0 Å². The van der Waals surface area contributed by atoms with Crippen molar-refractivity contribution in [1.82, 2.24) is 5.32 Å². The molecule has 2 saturated carbocycles. The predicted octanol–water partition coefficient (Wildman–Crippen LogP) is 5.23. The Kier molecular flexibility index (Phi) is 5.35. The number of benzene rings is 1. The Bertz CT molecular complexity index is 418. The second-order valence-electron chi connectivity index (χ2n) is 7.11. The third kappa shape index (κ3) is 3.69. The van der Waals surface area contributed by atoms with Crippen LogP contribution in [0.3, 0.4) is 0 Å². The lowest BCUT2D eigenvalue weighted by Gasteiger charge is -2.28. The molecule has 2 atom stereocenters. The van der Waals surface area contributed by atoms with Gasteiger partial charge in [-0.3, -0.25) is 0 Å². The van der Waals surface area contributed by atoms with Gasteiger partial charge in [-0.15, -0.1) is 0 Å². The van der Waals surface area contributed by atoms with Crippen LogP contribution in [0.4, 0.5) is 0 Å². The Morgan fingerprint density at radius 3 is 2.24 bits per heavy atom. The molecule has 0 aliphatic heterocycles. The van der Waals surface area contributed by atoms with E-state index in [2.05, 4.69) is 36.5 Å². The fourth-order valence-electron chi connectivity index (χ4n) is 4.15. The number of hydrogen-bond acceptors (Lipinski definition) is 1. The summed E-state index contributed by atoms with van der Waals surface area (Å²) in [5.74, 6) is 2.48. The largest absolute Gasteiger partial charge is 0.317 e. The quantitative estimate of drug-likeness (QED) is 0.731. The van der Waals surface area contributed by atoms with Crippen LogP contribution in [-0.2, 0) is 0 Å². The van der Waals surface area contributed by atoms with Crippen molar-refractivity contribution in [2.24, 2.45) is 5.92 Å². The summed E-state index contributed by atoms with van der Waals surface area (Å²) in [6, 6.07) is 9.74. The highest BCUT2D eigenvalue weighted by molar-refractivity contribution is 5.29. The Balaban J connectivity index is 1.71. The van der Waals surface area contributed by atoms with Crippen molar-refractivity contribution in [1.29, 1.82) is 0 Å². The molecule has 3 rings (SSSR count). The molecule has 21 heavy (non-hydrogen) atoms. The zero-order chi connectivity index (χ0) is 14.5. The number of nitrogens with one attached hydrogen (secondary N) is 1. The Labute approximate surface area is 130 Å². The molecule has 0 spiro atoms. The van der Waals surface area contributed by atoms with Gasteiger partial charge in [0.1, 0.15) is 0 Å². The highest BCUT2D eigenvalue weighted by Crippen LogP contribution is 2.39. The van der Waals surface area contributed by atoms with E-state index in [1.807, 2.05) is 0 Å².